The van der Waals surface area contributed by atoms with E-state index >= 15 is 0 Å². The average molecular weight is 225 g/mol. The Hall–Kier alpha value is -1.10. The van der Waals surface area contributed by atoms with Gasteiger partial charge < -0.3 is 10.1 Å². The summed E-state index contributed by atoms with van der Waals surface area (Å²) in [5.41, 5.74) is -0.319. The van der Waals surface area contributed by atoms with Crippen LogP contribution in [0.5, 0.6) is 0 Å². The van der Waals surface area contributed by atoms with Crippen LogP contribution < -0.4 is 10.6 Å². The summed E-state index contributed by atoms with van der Waals surface area (Å²) in [4.78, 5) is 16.0. The molecule has 0 saturated heterocycles. The summed E-state index contributed by atoms with van der Waals surface area (Å²) in [5, 5.41) is 5.96. The molecule has 1 unspecified atom stereocenters. The van der Waals surface area contributed by atoms with Gasteiger partial charge in [0.1, 0.15) is 6.04 Å². The van der Waals surface area contributed by atoms with Crippen LogP contribution in [0.15, 0.2) is 4.99 Å². The smallest absolute Gasteiger partial charge is 0.251 e. The first-order chi connectivity index (χ1) is 7.50. The molecule has 1 aliphatic carbocycles. The predicted octanol–water partition coefficient (Wildman–Crippen LogP) is 0.408. The molecule has 1 aliphatic heterocycles. The Balaban J connectivity index is 1.93. The summed E-state index contributed by atoms with van der Waals surface area (Å²) in [6.07, 6.45) is 2.94. The zero-order valence-electron chi connectivity index (χ0n) is 10.0. The van der Waals surface area contributed by atoms with E-state index in [0.717, 1.165) is 0 Å². The van der Waals surface area contributed by atoms with Gasteiger partial charge in [-0.2, -0.15) is 0 Å². The molecule has 0 aromatic carbocycles. The Labute approximate surface area is 95.6 Å². The van der Waals surface area contributed by atoms with Gasteiger partial charge in [0.15, 0.2) is 5.96 Å². The highest BCUT2D eigenvalue weighted by atomic mass is 16.5. The van der Waals surface area contributed by atoms with E-state index in [0.29, 0.717) is 18.4 Å². The number of nitrogens with one attached hydrogen (secondary N) is 2. The Bertz CT molecular complexity index is 321. The summed E-state index contributed by atoms with van der Waals surface area (Å²) in [5.74, 6) is 0.595. The SMILES string of the molecule is COC(C)(C)CC1N=C(NC2CC2)NC1=O. The molecule has 1 fully saturated rings. The van der Waals surface area contributed by atoms with Gasteiger partial charge in [-0.3, -0.25) is 10.1 Å². The number of carbonyl (C=O) groups excluding carboxylic acids is 1. The Morgan fingerprint density at radius 2 is 2.25 bits per heavy atom. The fourth-order valence-electron chi connectivity index (χ4n) is 1.63. The van der Waals surface area contributed by atoms with Crippen LogP contribution in [0.4, 0.5) is 0 Å². The minimum atomic E-state index is -0.323. The lowest BCUT2D eigenvalue weighted by atomic mass is 9.99. The molecule has 0 spiro atoms. The second-order valence-electron chi connectivity index (χ2n) is 5.07. The number of nitrogens with zero attached hydrogens (tertiary/aromatic N) is 1. The normalized spacial score (nSPS) is 25.3. The van der Waals surface area contributed by atoms with Crippen molar-refractivity contribution in [2.24, 2.45) is 4.99 Å². The van der Waals surface area contributed by atoms with Crippen molar-refractivity contribution in [1.82, 2.24) is 10.6 Å². The van der Waals surface area contributed by atoms with Crippen LogP contribution >= 0.6 is 0 Å². The third kappa shape index (κ3) is 2.72. The molecule has 0 radical (unpaired) electrons. The number of methoxy groups -OCH3 is 1. The van der Waals surface area contributed by atoms with Crippen LogP contribution in [0.3, 0.4) is 0 Å². The van der Waals surface area contributed by atoms with Gasteiger partial charge in [-0.25, -0.2) is 4.99 Å². The van der Waals surface area contributed by atoms with Gasteiger partial charge in [0.25, 0.3) is 5.91 Å². The van der Waals surface area contributed by atoms with Crippen molar-refractivity contribution in [3.63, 3.8) is 0 Å². The van der Waals surface area contributed by atoms with Gasteiger partial charge >= 0.3 is 0 Å². The molecule has 0 aromatic rings. The number of carbonyl (C=O) groups is 1. The fraction of sp³-hybridized carbons (Fsp3) is 0.818. The van der Waals surface area contributed by atoms with E-state index in [2.05, 4.69) is 15.6 Å². The largest absolute Gasteiger partial charge is 0.379 e. The number of amides is 1. The van der Waals surface area contributed by atoms with E-state index < -0.39 is 0 Å². The molecule has 1 saturated carbocycles. The molecule has 1 heterocycles. The third-order valence-electron chi connectivity index (χ3n) is 2.98. The van der Waals surface area contributed by atoms with Crippen LogP contribution in [-0.2, 0) is 9.53 Å². The molecule has 5 heteroatoms. The van der Waals surface area contributed by atoms with Crippen LogP contribution in [0, 0.1) is 0 Å². The molecule has 16 heavy (non-hydrogen) atoms. The van der Waals surface area contributed by atoms with Crippen LogP contribution in [0.25, 0.3) is 0 Å². The van der Waals surface area contributed by atoms with Crippen molar-refractivity contribution in [1.29, 1.82) is 0 Å². The second kappa shape index (κ2) is 4.05. The number of rotatable bonds is 4. The van der Waals surface area contributed by atoms with Gasteiger partial charge in [-0.1, -0.05) is 0 Å². The Morgan fingerprint density at radius 1 is 1.56 bits per heavy atom. The lowest BCUT2D eigenvalue weighted by Crippen LogP contribution is -2.39. The maximum Gasteiger partial charge on any atom is 0.251 e. The first-order valence-corrected chi connectivity index (χ1v) is 5.70. The molecule has 1 atom stereocenters. The summed E-state index contributed by atoms with van der Waals surface area (Å²) in [7, 11) is 1.65. The molecule has 5 nitrogen and oxygen atoms in total. The van der Waals surface area contributed by atoms with Crippen molar-refractivity contribution in [3.8, 4) is 0 Å². The molecule has 2 N–H and O–H groups in total. The topological polar surface area (TPSA) is 62.7 Å². The quantitative estimate of drug-likeness (QED) is 0.728. The minimum Gasteiger partial charge on any atom is -0.379 e. The van der Waals surface area contributed by atoms with Gasteiger partial charge in [0.05, 0.1) is 5.60 Å². The lowest BCUT2D eigenvalue weighted by molar-refractivity contribution is -0.121. The van der Waals surface area contributed by atoms with Gasteiger partial charge in [0, 0.05) is 19.6 Å². The maximum absolute atomic E-state index is 11.7. The van der Waals surface area contributed by atoms with Crippen molar-refractivity contribution >= 4 is 11.9 Å². The standard InChI is InChI=1S/C11H19N3O2/c1-11(2,16-3)6-8-9(15)14-10(13-8)12-7-4-5-7/h7-8H,4-6H2,1-3H3,(H2,12,13,14,15). The summed E-state index contributed by atoms with van der Waals surface area (Å²) in [6.45, 7) is 3.92. The third-order valence-corrected chi connectivity index (χ3v) is 2.98. The predicted molar refractivity (Wildman–Crippen MR) is 61.2 cm³/mol. The summed E-state index contributed by atoms with van der Waals surface area (Å²) in [6, 6.07) is 0.185. The highest BCUT2D eigenvalue weighted by Gasteiger charge is 2.34. The van der Waals surface area contributed by atoms with E-state index in [-0.39, 0.29) is 17.6 Å². The number of aliphatic imine (C=N–C) groups is 1. The van der Waals surface area contributed by atoms with Crippen LogP contribution in [0.2, 0.25) is 0 Å². The average Bonchev–Trinajstić information content (AvgIpc) is 2.94. The van der Waals surface area contributed by atoms with Gasteiger partial charge in [-0.05, 0) is 26.7 Å². The second-order valence-corrected chi connectivity index (χ2v) is 5.07. The van der Waals surface area contributed by atoms with Crippen molar-refractivity contribution < 1.29 is 9.53 Å². The molecule has 90 valence electrons. The lowest BCUT2D eigenvalue weighted by Gasteiger charge is -2.23. The summed E-state index contributed by atoms with van der Waals surface area (Å²) >= 11 is 0. The number of hydrogen-bond donors (Lipinski definition) is 2. The summed E-state index contributed by atoms with van der Waals surface area (Å²) < 4.78 is 5.31. The van der Waals surface area contributed by atoms with Crippen molar-refractivity contribution in [2.75, 3.05) is 7.11 Å². The molecule has 0 aromatic heterocycles. The first kappa shape index (κ1) is 11.4. The molecule has 2 aliphatic rings. The first-order valence-electron chi connectivity index (χ1n) is 5.70. The zero-order chi connectivity index (χ0) is 11.8. The molecular formula is C11H19N3O2. The van der Waals surface area contributed by atoms with E-state index in [1.165, 1.54) is 12.8 Å². The van der Waals surface area contributed by atoms with E-state index in [1.54, 1.807) is 7.11 Å². The van der Waals surface area contributed by atoms with Crippen molar-refractivity contribution in [2.45, 2.75) is 50.8 Å². The van der Waals surface area contributed by atoms with Crippen LogP contribution in [-0.4, -0.2) is 36.7 Å². The fourth-order valence-corrected chi connectivity index (χ4v) is 1.63. The zero-order valence-corrected chi connectivity index (χ0v) is 10.0. The molecule has 1 amide bonds. The van der Waals surface area contributed by atoms with Gasteiger partial charge in [0.2, 0.25) is 0 Å². The highest BCUT2D eigenvalue weighted by Crippen LogP contribution is 2.21. The monoisotopic (exact) mass is 225 g/mol. The Kier molecular flexibility index (Phi) is 2.88. The number of ether oxygens (including phenoxy) is 1. The van der Waals surface area contributed by atoms with Crippen LogP contribution in [0.1, 0.15) is 33.1 Å². The number of hydrogen-bond acceptors (Lipinski definition) is 4. The molecule has 2 rings (SSSR count). The number of guanidine groups is 1. The minimum absolute atomic E-state index is 0.0340. The van der Waals surface area contributed by atoms with Crippen molar-refractivity contribution in [3.05, 3.63) is 0 Å². The van der Waals surface area contributed by atoms with E-state index in [4.69, 9.17) is 4.74 Å². The molecular weight excluding hydrogens is 206 g/mol. The maximum atomic E-state index is 11.7. The molecule has 0 bridgehead atoms. The van der Waals surface area contributed by atoms with Gasteiger partial charge in [-0.15, -0.1) is 0 Å². The highest BCUT2D eigenvalue weighted by molar-refractivity contribution is 6.05. The Morgan fingerprint density at radius 3 is 2.81 bits per heavy atom. The van der Waals surface area contributed by atoms with E-state index in [1.807, 2.05) is 13.8 Å². The van der Waals surface area contributed by atoms with E-state index in [9.17, 15) is 4.79 Å².